The fourth-order valence-corrected chi connectivity index (χ4v) is 2.00. The van der Waals surface area contributed by atoms with Crippen molar-refractivity contribution in [3.8, 4) is 5.75 Å². The molecule has 0 unspecified atom stereocenters. The number of esters is 1. The lowest BCUT2D eigenvalue weighted by molar-refractivity contribution is 0.0600. The highest BCUT2D eigenvalue weighted by atomic mass is 16.5. The zero-order valence-electron chi connectivity index (χ0n) is 13.3. The molecule has 0 aliphatic heterocycles. The van der Waals surface area contributed by atoms with Gasteiger partial charge >= 0.3 is 5.97 Å². The molecule has 120 valence electrons. The Morgan fingerprint density at radius 2 is 1.65 bits per heavy atom. The Hall–Kier alpha value is -2.82. The number of amides is 1. The van der Waals surface area contributed by atoms with Gasteiger partial charge in [0.2, 0.25) is 0 Å². The summed E-state index contributed by atoms with van der Waals surface area (Å²) in [5.74, 6) is -0.00237. The number of hydrogen-bond acceptors (Lipinski definition) is 4. The monoisotopic (exact) mass is 313 g/mol. The molecule has 23 heavy (non-hydrogen) atoms. The number of methoxy groups -OCH3 is 1. The zero-order chi connectivity index (χ0) is 16.8. The maximum atomic E-state index is 12.2. The van der Waals surface area contributed by atoms with Crippen molar-refractivity contribution in [1.29, 1.82) is 0 Å². The molecular formula is C18H19NO4. The molecule has 0 atom stereocenters. The van der Waals surface area contributed by atoms with Gasteiger partial charge in [0.25, 0.3) is 5.91 Å². The standard InChI is InChI=1S/C18H19NO4/c1-12(2)23-16-6-4-5-15(11-16)19-17(20)13-7-9-14(10-8-13)18(21)22-3/h4-12H,1-3H3,(H,19,20). The Kier molecular flexibility index (Phi) is 5.36. The maximum Gasteiger partial charge on any atom is 0.337 e. The Morgan fingerprint density at radius 3 is 2.26 bits per heavy atom. The second kappa shape index (κ2) is 7.45. The summed E-state index contributed by atoms with van der Waals surface area (Å²) in [7, 11) is 1.31. The number of carbonyl (C=O) groups is 2. The summed E-state index contributed by atoms with van der Waals surface area (Å²) in [6.45, 7) is 3.88. The topological polar surface area (TPSA) is 64.6 Å². The molecule has 0 fully saturated rings. The van der Waals surface area contributed by atoms with Crippen LogP contribution >= 0.6 is 0 Å². The molecule has 0 radical (unpaired) electrons. The minimum Gasteiger partial charge on any atom is -0.491 e. The fourth-order valence-electron chi connectivity index (χ4n) is 2.00. The first-order chi connectivity index (χ1) is 11.0. The predicted molar refractivity (Wildman–Crippen MR) is 87.9 cm³/mol. The summed E-state index contributed by atoms with van der Waals surface area (Å²) < 4.78 is 10.2. The number of rotatable bonds is 5. The molecular weight excluding hydrogens is 294 g/mol. The number of ether oxygens (including phenoxy) is 2. The SMILES string of the molecule is COC(=O)c1ccc(C(=O)Nc2cccc(OC(C)C)c2)cc1. The quantitative estimate of drug-likeness (QED) is 0.858. The molecule has 0 heterocycles. The summed E-state index contributed by atoms with van der Waals surface area (Å²) in [6.07, 6.45) is 0.0619. The van der Waals surface area contributed by atoms with Crippen molar-refractivity contribution in [2.45, 2.75) is 20.0 Å². The van der Waals surface area contributed by atoms with E-state index >= 15 is 0 Å². The Morgan fingerprint density at radius 1 is 1.00 bits per heavy atom. The van der Waals surface area contributed by atoms with Crippen molar-refractivity contribution in [2.75, 3.05) is 12.4 Å². The van der Waals surface area contributed by atoms with Crippen LogP contribution in [0.15, 0.2) is 48.5 Å². The molecule has 5 nitrogen and oxygen atoms in total. The van der Waals surface area contributed by atoms with E-state index in [0.29, 0.717) is 22.6 Å². The van der Waals surface area contributed by atoms with E-state index in [9.17, 15) is 9.59 Å². The van der Waals surface area contributed by atoms with Crippen molar-refractivity contribution in [1.82, 2.24) is 0 Å². The molecule has 0 spiro atoms. The highest BCUT2D eigenvalue weighted by Gasteiger charge is 2.09. The third-order valence-corrected chi connectivity index (χ3v) is 3.03. The summed E-state index contributed by atoms with van der Waals surface area (Å²) in [5.41, 5.74) is 1.49. The van der Waals surface area contributed by atoms with Crippen LogP contribution in [0, 0.1) is 0 Å². The molecule has 2 rings (SSSR count). The second-order valence-electron chi connectivity index (χ2n) is 5.22. The van der Waals surface area contributed by atoms with E-state index in [1.165, 1.54) is 7.11 Å². The highest BCUT2D eigenvalue weighted by molar-refractivity contribution is 6.04. The van der Waals surface area contributed by atoms with Gasteiger partial charge in [-0.1, -0.05) is 6.07 Å². The van der Waals surface area contributed by atoms with E-state index < -0.39 is 5.97 Å². The molecule has 0 saturated heterocycles. The lowest BCUT2D eigenvalue weighted by atomic mass is 10.1. The van der Waals surface area contributed by atoms with E-state index in [4.69, 9.17) is 4.74 Å². The van der Waals surface area contributed by atoms with Gasteiger partial charge in [-0.05, 0) is 50.2 Å². The number of benzene rings is 2. The van der Waals surface area contributed by atoms with Crippen molar-refractivity contribution in [3.05, 3.63) is 59.7 Å². The molecule has 0 bridgehead atoms. The van der Waals surface area contributed by atoms with Gasteiger partial charge in [-0.3, -0.25) is 4.79 Å². The van der Waals surface area contributed by atoms with Crippen LogP contribution in [0.4, 0.5) is 5.69 Å². The van der Waals surface area contributed by atoms with Crippen LogP contribution in [0.2, 0.25) is 0 Å². The molecule has 5 heteroatoms. The summed E-state index contributed by atoms with van der Waals surface area (Å²) in [6, 6.07) is 13.5. The molecule has 0 saturated carbocycles. The fraction of sp³-hybridized carbons (Fsp3) is 0.222. The highest BCUT2D eigenvalue weighted by Crippen LogP contribution is 2.19. The Bertz CT molecular complexity index is 692. The van der Waals surface area contributed by atoms with Crippen LogP contribution in [0.5, 0.6) is 5.75 Å². The first kappa shape index (κ1) is 16.5. The van der Waals surface area contributed by atoms with Crippen molar-refractivity contribution < 1.29 is 19.1 Å². The average molecular weight is 313 g/mol. The van der Waals surface area contributed by atoms with Gasteiger partial charge in [-0.15, -0.1) is 0 Å². The number of anilines is 1. The molecule has 2 aromatic carbocycles. The normalized spacial score (nSPS) is 10.3. The van der Waals surface area contributed by atoms with Crippen LogP contribution in [0.25, 0.3) is 0 Å². The number of hydrogen-bond donors (Lipinski definition) is 1. The van der Waals surface area contributed by atoms with Gasteiger partial charge in [-0.25, -0.2) is 4.79 Å². The Balaban J connectivity index is 2.08. The minimum absolute atomic E-state index is 0.0619. The molecule has 0 aromatic heterocycles. The van der Waals surface area contributed by atoms with E-state index in [1.54, 1.807) is 36.4 Å². The molecule has 0 aliphatic rings. The molecule has 2 aromatic rings. The second-order valence-corrected chi connectivity index (χ2v) is 5.22. The van der Waals surface area contributed by atoms with Gasteiger partial charge < -0.3 is 14.8 Å². The van der Waals surface area contributed by atoms with Crippen LogP contribution < -0.4 is 10.1 Å². The Labute approximate surface area is 135 Å². The lowest BCUT2D eigenvalue weighted by Crippen LogP contribution is -2.13. The van der Waals surface area contributed by atoms with Gasteiger partial charge in [-0.2, -0.15) is 0 Å². The van der Waals surface area contributed by atoms with Crippen LogP contribution in [0.1, 0.15) is 34.6 Å². The first-order valence-corrected chi connectivity index (χ1v) is 7.26. The number of nitrogens with one attached hydrogen (secondary N) is 1. The third-order valence-electron chi connectivity index (χ3n) is 3.03. The third kappa shape index (κ3) is 4.57. The van der Waals surface area contributed by atoms with Crippen molar-refractivity contribution in [2.24, 2.45) is 0 Å². The zero-order valence-corrected chi connectivity index (χ0v) is 13.3. The molecule has 1 amide bonds. The summed E-state index contributed by atoms with van der Waals surface area (Å²) >= 11 is 0. The lowest BCUT2D eigenvalue weighted by Gasteiger charge is -2.11. The van der Waals surface area contributed by atoms with Crippen LogP contribution in [-0.2, 0) is 4.74 Å². The van der Waals surface area contributed by atoms with Crippen molar-refractivity contribution in [3.63, 3.8) is 0 Å². The largest absolute Gasteiger partial charge is 0.491 e. The summed E-state index contributed by atoms with van der Waals surface area (Å²) in [5, 5.41) is 2.80. The van der Waals surface area contributed by atoms with Crippen molar-refractivity contribution >= 4 is 17.6 Å². The van der Waals surface area contributed by atoms with Gasteiger partial charge in [0.1, 0.15) is 5.75 Å². The molecule has 1 N–H and O–H groups in total. The van der Waals surface area contributed by atoms with Crippen LogP contribution in [0.3, 0.4) is 0 Å². The maximum absolute atomic E-state index is 12.2. The van der Waals surface area contributed by atoms with E-state index in [0.717, 1.165) is 0 Å². The molecule has 0 aliphatic carbocycles. The smallest absolute Gasteiger partial charge is 0.337 e. The van der Waals surface area contributed by atoms with E-state index in [1.807, 2.05) is 26.0 Å². The van der Waals surface area contributed by atoms with Gasteiger partial charge in [0, 0.05) is 17.3 Å². The van der Waals surface area contributed by atoms with Gasteiger partial charge in [0.05, 0.1) is 18.8 Å². The van der Waals surface area contributed by atoms with E-state index in [-0.39, 0.29) is 12.0 Å². The average Bonchev–Trinajstić information content (AvgIpc) is 2.54. The predicted octanol–water partition coefficient (Wildman–Crippen LogP) is 3.51. The first-order valence-electron chi connectivity index (χ1n) is 7.26. The number of carbonyl (C=O) groups excluding carboxylic acids is 2. The minimum atomic E-state index is -0.435. The summed E-state index contributed by atoms with van der Waals surface area (Å²) in [4.78, 5) is 23.6. The van der Waals surface area contributed by atoms with Crippen LogP contribution in [-0.4, -0.2) is 25.1 Å². The van der Waals surface area contributed by atoms with Gasteiger partial charge in [0.15, 0.2) is 0 Å². The van der Waals surface area contributed by atoms with E-state index in [2.05, 4.69) is 10.1 Å².